The van der Waals surface area contributed by atoms with Crippen molar-refractivity contribution in [2.45, 2.75) is 64.3 Å². The first-order chi connectivity index (χ1) is 10.2. The number of rotatable bonds is 5. The summed E-state index contributed by atoms with van der Waals surface area (Å²) in [5, 5.41) is 6.67. The predicted octanol–water partition coefficient (Wildman–Crippen LogP) is 2.48. The van der Waals surface area contributed by atoms with E-state index < -0.39 is 0 Å². The SMILES string of the molecule is COCC1(C(=O)N[C@H](C)C2CCCCCC2)CCNCC1. The number of hydrogen-bond acceptors (Lipinski definition) is 3. The third kappa shape index (κ3) is 4.43. The highest BCUT2D eigenvalue weighted by Crippen LogP contribution is 2.31. The maximum Gasteiger partial charge on any atom is 0.228 e. The van der Waals surface area contributed by atoms with Gasteiger partial charge in [-0.1, -0.05) is 25.7 Å². The van der Waals surface area contributed by atoms with Crippen molar-refractivity contribution in [1.29, 1.82) is 0 Å². The van der Waals surface area contributed by atoms with E-state index in [-0.39, 0.29) is 11.3 Å². The van der Waals surface area contributed by atoms with E-state index in [1.165, 1.54) is 38.5 Å². The van der Waals surface area contributed by atoms with Crippen LogP contribution in [-0.4, -0.2) is 38.8 Å². The van der Waals surface area contributed by atoms with Crippen LogP contribution in [0.2, 0.25) is 0 Å². The van der Waals surface area contributed by atoms with E-state index >= 15 is 0 Å². The third-order valence-corrected chi connectivity index (χ3v) is 5.43. The lowest BCUT2D eigenvalue weighted by Gasteiger charge is -2.37. The number of carbonyl (C=O) groups is 1. The van der Waals surface area contributed by atoms with Gasteiger partial charge in [0.2, 0.25) is 5.91 Å². The Bertz CT molecular complexity index is 313. The van der Waals surface area contributed by atoms with Crippen molar-refractivity contribution in [3.63, 3.8) is 0 Å². The van der Waals surface area contributed by atoms with Crippen molar-refractivity contribution in [3.8, 4) is 0 Å². The van der Waals surface area contributed by atoms with Crippen LogP contribution < -0.4 is 10.6 Å². The molecule has 21 heavy (non-hydrogen) atoms. The molecule has 0 aromatic rings. The van der Waals surface area contributed by atoms with Gasteiger partial charge in [0.15, 0.2) is 0 Å². The number of nitrogens with one attached hydrogen (secondary N) is 2. The van der Waals surface area contributed by atoms with Gasteiger partial charge in [0.1, 0.15) is 0 Å². The van der Waals surface area contributed by atoms with Crippen LogP contribution in [0, 0.1) is 11.3 Å². The van der Waals surface area contributed by atoms with Crippen molar-refractivity contribution in [2.24, 2.45) is 11.3 Å². The van der Waals surface area contributed by atoms with Gasteiger partial charge in [-0.05, 0) is 51.6 Å². The first-order valence-electron chi connectivity index (χ1n) is 8.68. The Morgan fingerprint density at radius 2 is 1.86 bits per heavy atom. The van der Waals surface area contributed by atoms with E-state index in [2.05, 4.69) is 17.6 Å². The molecule has 4 nitrogen and oxygen atoms in total. The van der Waals surface area contributed by atoms with Crippen LogP contribution in [0.15, 0.2) is 0 Å². The van der Waals surface area contributed by atoms with Crippen molar-refractivity contribution < 1.29 is 9.53 Å². The van der Waals surface area contributed by atoms with Gasteiger partial charge in [-0.2, -0.15) is 0 Å². The van der Waals surface area contributed by atoms with Crippen LogP contribution in [0.25, 0.3) is 0 Å². The second-order valence-corrected chi connectivity index (χ2v) is 6.98. The zero-order valence-corrected chi connectivity index (χ0v) is 13.7. The van der Waals surface area contributed by atoms with E-state index in [0.717, 1.165) is 25.9 Å². The molecule has 0 spiro atoms. The summed E-state index contributed by atoms with van der Waals surface area (Å²) in [6.07, 6.45) is 9.64. The van der Waals surface area contributed by atoms with Crippen LogP contribution in [0.1, 0.15) is 58.3 Å². The maximum atomic E-state index is 12.8. The fraction of sp³-hybridized carbons (Fsp3) is 0.941. The van der Waals surface area contributed by atoms with E-state index in [1.807, 2.05) is 0 Å². The van der Waals surface area contributed by atoms with Crippen LogP contribution in [0.5, 0.6) is 0 Å². The summed E-state index contributed by atoms with van der Waals surface area (Å²) in [4.78, 5) is 12.8. The number of methoxy groups -OCH3 is 1. The predicted molar refractivity (Wildman–Crippen MR) is 85.2 cm³/mol. The second kappa shape index (κ2) is 8.14. The van der Waals surface area contributed by atoms with Gasteiger partial charge in [-0.25, -0.2) is 0 Å². The molecule has 2 N–H and O–H groups in total. The zero-order chi connectivity index (χ0) is 15.1. The number of hydrogen-bond donors (Lipinski definition) is 2. The lowest BCUT2D eigenvalue weighted by atomic mass is 9.78. The molecule has 1 aliphatic heterocycles. The summed E-state index contributed by atoms with van der Waals surface area (Å²) in [6, 6.07) is 0.291. The van der Waals surface area contributed by atoms with E-state index in [4.69, 9.17) is 4.74 Å². The Labute approximate surface area is 129 Å². The van der Waals surface area contributed by atoms with Gasteiger partial charge < -0.3 is 15.4 Å². The van der Waals surface area contributed by atoms with Crippen molar-refractivity contribution in [1.82, 2.24) is 10.6 Å². The van der Waals surface area contributed by atoms with Crippen molar-refractivity contribution in [3.05, 3.63) is 0 Å². The zero-order valence-electron chi connectivity index (χ0n) is 13.7. The first kappa shape index (κ1) is 16.8. The lowest BCUT2D eigenvalue weighted by molar-refractivity contribution is -0.137. The summed E-state index contributed by atoms with van der Waals surface area (Å²) in [6.45, 7) is 4.55. The maximum absolute atomic E-state index is 12.8. The Morgan fingerprint density at radius 1 is 1.24 bits per heavy atom. The molecular formula is C17H32N2O2. The lowest BCUT2D eigenvalue weighted by Crippen LogP contribution is -2.53. The van der Waals surface area contributed by atoms with Crippen LogP contribution in [-0.2, 0) is 9.53 Å². The fourth-order valence-electron chi connectivity index (χ4n) is 3.91. The van der Waals surface area contributed by atoms with Crippen LogP contribution in [0.3, 0.4) is 0 Å². The topological polar surface area (TPSA) is 50.4 Å². The molecule has 0 unspecified atom stereocenters. The number of carbonyl (C=O) groups excluding carboxylic acids is 1. The van der Waals surface area contributed by atoms with Gasteiger partial charge in [0.25, 0.3) is 0 Å². The number of amides is 1. The summed E-state index contributed by atoms with van der Waals surface area (Å²) in [5.74, 6) is 0.861. The highest BCUT2D eigenvalue weighted by atomic mass is 16.5. The van der Waals surface area contributed by atoms with Gasteiger partial charge in [-0.15, -0.1) is 0 Å². The summed E-state index contributed by atoms with van der Waals surface area (Å²) < 4.78 is 5.36. The molecule has 2 aliphatic rings. The molecule has 1 amide bonds. The minimum absolute atomic E-state index is 0.211. The van der Waals surface area contributed by atoms with Gasteiger partial charge in [0, 0.05) is 13.2 Å². The molecule has 1 aliphatic carbocycles. The van der Waals surface area contributed by atoms with Crippen molar-refractivity contribution in [2.75, 3.05) is 26.8 Å². The second-order valence-electron chi connectivity index (χ2n) is 6.98. The largest absolute Gasteiger partial charge is 0.384 e. The fourth-order valence-corrected chi connectivity index (χ4v) is 3.91. The minimum Gasteiger partial charge on any atom is -0.384 e. The monoisotopic (exact) mass is 296 g/mol. The van der Waals surface area contributed by atoms with Crippen LogP contribution >= 0.6 is 0 Å². The van der Waals surface area contributed by atoms with Crippen LogP contribution in [0.4, 0.5) is 0 Å². The molecule has 1 atom stereocenters. The quantitative estimate of drug-likeness (QED) is 0.766. The average Bonchev–Trinajstić information content (AvgIpc) is 2.77. The number of piperidine rings is 1. The van der Waals surface area contributed by atoms with Gasteiger partial charge in [0.05, 0.1) is 12.0 Å². The molecule has 1 heterocycles. The number of ether oxygens (including phenoxy) is 1. The van der Waals surface area contributed by atoms with E-state index in [0.29, 0.717) is 18.6 Å². The molecule has 0 bridgehead atoms. The van der Waals surface area contributed by atoms with Gasteiger partial charge >= 0.3 is 0 Å². The average molecular weight is 296 g/mol. The molecule has 0 aromatic carbocycles. The smallest absolute Gasteiger partial charge is 0.228 e. The summed E-state index contributed by atoms with van der Waals surface area (Å²) >= 11 is 0. The molecule has 0 radical (unpaired) electrons. The highest BCUT2D eigenvalue weighted by Gasteiger charge is 2.40. The Hall–Kier alpha value is -0.610. The highest BCUT2D eigenvalue weighted by molar-refractivity contribution is 5.83. The van der Waals surface area contributed by atoms with Gasteiger partial charge in [-0.3, -0.25) is 4.79 Å². The molecule has 4 heteroatoms. The van der Waals surface area contributed by atoms with E-state index in [1.54, 1.807) is 7.11 Å². The Morgan fingerprint density at radius 3 is 2.43 bits per heavy atom. The Kier molecular flexibility index (Phi) is 6.49. The molecule has 0 aromatic heterocycles. The van der Waals surface area contributed by atoms with E-state index in [9.17, 15) is 4.79 Å². The molecular weight excluding hydrogens is 264 g/mol. The summed E-state index contributed by atoms with van der Waals surface area (Å²) in [5.41, 5.74) is -0.320. The first-order valence-corrected chi connectivity index (χ1v) is 8.68. The minimum atomic E-state index is -0.320. The summed E-state index contributed by atoms with van der Waals surface area (Å²) in [7, 11) is 1.70. The van der Waals surface area contributed by atoms with Crippen molar-refractivity contribution >= 4 is 5.91 Å². The third-order valence-electron chi connectivity index (χ3n) is 5.43. The molecule has 1 saturated carbocycles. The normalized spacial score (nSPS) is 25.0. The Balaban J connectivity index is 1.93. The molecule has 2 fully saturated rings. The molecule has 1 saturated heterocycles. The molecule has 2 rings (SSSR count). The standard InChI is InChI=1S/C17H32N2O2/c1-14(15-7-5-3-4-6-8-15)19-16(20)17(13-21-2)9-11-18-12-10-17/h14-15,18H,3-13H2,1-2H3,(H,19,20)/t14-/m1/s1. The molecule has 122 valence electrons.